The van der Waals surface area contributed by atoms with Crippen LogP contribution < -0.4 is 0 Å². The summed E-state index contributed by atoms with van der Waals surface area (Å²) in [5.41, 5.74) is 2.73. The molecule has 0 unspecified atom stereocenters. The lowest BCUT2D eigenvalue weighted by molar-refractivity contribution is 0.0599. The van der Waals surface area contributed by atoms with Crippen molar-refractivity contribution in [2.24, 2.45) is 0 Å². The predicted octanol–water partition coefficient (Wildman–Crippen LogP) is 3.70. The third-order valence-electron chi connectivity index (χ3n) is 1.95. The number of methoxy groups -OCH3 is 1. The first-order valence-corrected chi connectivity index (χ1v) is 6.05. The molecule has 1 aromatic rings. The average molecular weight is 273 g/mol. The number of halogens is 1. The fraction of sp³-hybridized carbons (Fsp3) is 0.417. The van der Waals surface area contributed by atoms with E-state index < -0.39 is 0 Å². The zero-order valence-electron chi connectivity index (χ0n) is 9.63. The summed E-state index contributed by atoms with van der Waals surface area (Å²) in [5, 5.41) is 0.671. The number of esters is 1. The van der Waals surface area contributed by atoms with Crippen LogP contribution in [0.25, 0.3) is 0 Å². The lowest BCUT2D eigenvalue weighted by Gasteiger charge is -2.07. The number of aryl methyl sites for hydroxylation is 1. The molecule has 0 amide bonds. The predicted molar refractivity (Wildman–Crippen MR) is 66.5 cm³/mol. The van der Waals surface area contributed by atoms with Crippen LogP contribution >= 0.6 is 15.9 Å². The summed E-state index contributed by atoms with van der Waals surface area (Å²) in [4.78, 5) is 11.3. The highest BCUT2D eigenvalue weighted by atomic mass is 79.9. The van der Waals surface area contributed by atoms with Crippen LogP contribution in [0.2, 0.25) is 0 Å². The molecule has 2 nitrogen and oxygen atoms in total. The summed E-state index contributed by atoms with van der Waals surface area (Å²) in [6.45, 7) is 5.98. The molecule has 0 radical (unpaired) electrons. The third-order valence-corrected chi connectivity index (χ3v) is 2.51. The Morgan fingerprint density at radius 3 is 2.47 bits per heavy atom. The molecule has 0 saturated heterocycles. The van der Waals surface area contributed by atoms with E-state index in [2.05, 4.69) is 20.7 Å². The molecular weight excluding hydrogens is 256 g/mol. The average Bonchev–Trinajstić information content (AvgIpc) is 2.30. The molecule has 0 N–H and O–H groups in total. The van der Waals surface area contributed by atoms with Gasteiger partial charge in [0.25, 0.3) is 0 Å². The Bertz CT molecular complexity index is 321. The molecule has 0 bridgehead atoms. The monoisotopic (exact) mass is 272 g/mol. The van der Waals surface area contributed by atoms with Crippen molar-refractivity contribution in [3.63, 3.8) is 0 Å². The molecule has 0 aliphatic heterocycles. The standard InChI is InChI=1S/C10H11BrO2.C2H6/c1-7-4-3-5-8(9(7)6-11)10(12)13-2;1-2/h3-5H,6H2,1-2H3;1-2H3. The van der Waals surface area contributed by atoms with Gasteiger partial charge in [-0.25, -0.2) is 4.79 Å². The van der Waals surface area contributed by atoms with Crippen LogP contribution in [0.4, 0.5) is 0 Å². The van der Waals surface area contributed by atoms with Crippen molar-refractivity contribution >= 4 is 21.9 Å². The molecule has 1 rings (SSSR count). The number of benzene rings is 1. The largest absolute Gasteiger partial charge is 0.465 e. The molecule has 0 atom stereocenters. The Balaban J connectivity index is 0.000000921. The summed E-state index contributed by atoms with van der Waals surface area (Å²) < 4.78 is 4.67. The quantitative estimate of drug-likeness (QED) is 0.606. The van der Waals surface area contributed by atoms with Gasteiger partial charge in [0, 0.05) is 5.33 Å². The summed E-state index contributed by atoms with van der Waals surface area (Å²) >= 11 is 3.35. The number of carbonyl (C=O) groups excluding carboxylic acids is 1. The number of hydrogen-bond donors (Lipinski definition) is 0. The normalized spacial score (nSPS) is 8.87. The lowest BCUT2D eigenvalue weighted by atomic mass is 10.0. The maximum Gasteiger partial charge on any atom is 0.338 e. The number of alkyl halides is 1. The van der Waals surface area contributed by atoms with Gasteiger partial charge in [-0.1, -0.05) is 41.9 Å². The van der Waals surface area contributed by atoms with Gasteiger partial charge in [-0.15, -0.1) is 0 Å². The van der Waals surface area contributed by atoms with Gasteiger partial charge in [0.2, 0.25) is 0 Å². The topological polar surface area (TPSA) is 26.3 Å². The molecule has 15 heavy (non-hydrogen) atoms. The van der Waals surface area contributed by atoms with E-state index in [0.29, 0.717) is 10.9 Å². The van der Waals surface area contributed by atoms with Crippen molar-refractivity contribution in [2.75, 3.05) is 7.11 Å². The molecule has 0 saturated carbocycles. The van der Waals surface area contributed by atoms with Crippen molar-refractivity contribution in [3.8, 4) is 0 Å². The highest BCUT2D eigenvalue weighted by Crippen LogP contribution is 2.17. The van der Waals surface area contributed by atoms with Crippen molar-refractivity contribution < 1.29 is 9.53 Å². The smallest absolute Gasteiger partial charge is 0.338 e. The minimum atomic E-state index is -0.279. The van der Waals surface area contributed by atoms with Crippen molar-refractivity contribution in [2.45, 2.75) is 26.1 Å². The molecule has 84 valence electrons. The zero-order chi connectivity index (χ0) is 11.8. The zero-order valence-corrected chi connectivity index (χ0v) is 11.2. The Labute approximate surface area is 99.8 Å². The first-order chi connectivity index (χ1) is 7.20. The van der Waals surface area contributed by atoms with Gasteiger partial charge < -0.3 is 4.74 Å². The molecule has 0 heterocycles. The molecule has 0 aromatic heterocycles. The van der Waals surface area contributed by atoms with E-state index in [-0.39, 0.29) is 5.97 Å². The lowest BCUT2D eigenvalue weighted by Crippen LogP contribution is -2.05. The molecule has 0 aliphatic rings. The van der Waals surface area contributed by atoms with Gasteiger partial charge in [0.05, 0.1) is 12.7 Å². The Hall–Kier alpha value is -0.830. The molecule has 3 heteroatoms. The van der Waals surface area contributed by atoms with Gasteiger partial charge >= 0.3 is 5.97 Å². The maximum atomic E-state index is 11.3. The number of hydrogen-bond acceptors (Lipinski definition) is 2. The van der Waals surface area contributed by atoms with Gasteiger partial charge in [-0.05, 0) is 24.1 Å². The van der Waals surface area contributed by atoms with Crippen molar-refractivity contribution in [1.82, 2.24) is 0 Å². The van der Waals surface area contributed by atoms with Crippen molar-refractivity contribution in [1.29, 1.82) is 0 Å². The van der Waals surface area contributed by atoms with Crippen LogP contribution in [-0.2, 0) is 10.1 Å². The van der Waals surface area contributed by atoms with Gasteiger partial charge in [0.15, 0.2) is 0 Å². The van der Waals surface area contributed by atoms with Crippen molar-refractivity contribution in [3.05, 3.63) is 34.9 Å². The number of carbonyl (C=O) groups is 1. The van der Waals surface area contributed by atoms with E-state index in [4.69, 9.17) is 0 Å². The fourth-order valence-electron chi connectivity index (χ4n) is 1.18. The van der Waals surface area contributed by atoms with E-state index in [0.717, 1.165) is 11.1 Å². The van der Waals surface area contributed by atoms with Crippen LogP contribution in [-0.4, -0.2) is 13.1 Å². The Morgan fingerprint density at radius 2 is 2.00 bits per heavy atom. The Morgan fingerprint density at radius 1 is 1.40 bits per heavy atom. The molecular formula is C12H17BrO2. The van der Waals surface area contributed by atoms with Crippen LogP contribution in [0.5, 0.6) is 0 Å². The van der Waals surface area contributed by atoms with Crippen LogP contribution in [0, 0.1) is 6.92 Å². The van der Waals surface area contributed by atoms with E-state index in [1.54, 1.807) is 6.07 Å². The van der Waals surface area contributed by atoms with Gasteiger partial charge in [-0.3, -0.25) is 0 Å². The summed E-state index contributed by atoms with van der Waals surface area (Å²) in [6.07, 6.45) is 0. The van der Waals surface area contributed by atoms with Crippen LogP contribution in [0.3, 0.4) is 0 Å². The third kappa shape index (κ3) is 3.67. The van der Waals surface area contributed by atoms with Gasteiger partial charge in [0.1, 0.15) is 0 Å². The second kappa shape index (κ2) is 7.46. The van der Waals surface area contributed by atoms with E-state index in [1.165, 1.54) is 7.11 Å². The first kappa shape index (κ1) is 14.2. The van der Waals surface area contributed by atoms with Gasteiger partial charge in [-0.2, -0.15) is 0 Å². The SMILES string of the molecule is CC.COC(=O)c1cccc(C)c1CBr. The Kier molecular flexibility index (Phi) is 7.05. The molecule has 0 spiro atoms. The summed E-state index contributed by atoms with van der Waals surface area (Å²) in [6, 6.07) is 5.60. The minimum Gasteiger partial charge on any atom is -0.465 e. The van der Waals surface area contributed by atoms with E-state index in [9.17, 15) is 4.79 Å². The van der Waals surface area contributed by atoms with E-state index in [1.807, 2.05) is 32.9 Å². The number of ether oxygens (including phenoxy) is 1. The second-order valence-electron chi connectivity index (χ2n) is 2.73. The fourth-order valence-corrected chi connectivity index (χ4v) is 1.93. The maximum absolute atomic E-state index is 11.3. The van der Waals surface area contributed by atoms with Crippen LogP contribution in [0.1, 0.15) is 35.3 Å². The summed E-state index contributed by atoms with van der Waals surface area (Å²) in [5.74, 6) is -0.279. The molecule has 1 aromatic carbocycles. The molecule has 0 aliphatic carbocycles. The second-order valence-corrected chi connectivity index (χ2v) is 3.29. The summed E-state index contributed by atoms with van der Waals surface area (Å²) in [7, 11) is 1.39. The first-order valence-electron chi connectivity index (χ1n) is 4.93. The minimum absolute atomic E-state index is 0.279. The number of rotatable bonds is 2. The van der Waals surface area contributed by atoms with Crippen LogP contribution in [0.15, 0.2) is 18.2 Å². The van der Waals surface area contributed by atoms with E-state index >= 15 is 0 Å². The molecule has 0 fully saturated rings. The highest BCUT2D eigenvalue weighted by Gasteiger charge is 2.11. The highest BCUT2D eigenvalue weighted by molar-refractivity contribution is 9.08.